The molecule has 1 aliphatic carbocycles. The number of halogens is 2. The summed E-state index contributed by atoms with van der Waals surface area (Å²) in [6.07, 6.45) is 7.90. The van der Waals surface area contributed by atoms with E-state index in [1.165, 1.54) is 46.0 Å². The van der Waals surface area contributed by atoms with E-state index in [0.717, 1.165) is 6.42 Å². The molecule has 3 heterocycles. The maximum absolute atomic E-state index is 13.1. The maximum atomic E-state index is 13.1. The van der Waals surface area contributed by atoms with Crippen molar-refractivity contribution in [3.05, 3.63) is 54.6 Å². The van der Waals surface area contributed by atoms with E-state index in [2.05, 4.69) is 25.2 Å². The third-order valence-electron chi connectivity index (χ3n) is 5.84. The average molecular weight is 503 g/mol. The number of nitrogens with one attached hydrogen (secondary N) is 1. The predicted octanol–water partition coefficient (Wildman–Crippen LogP) is 3.31. The number of ether oxygens (including phenoxy) is 1. The Morgan fingerprint density at radius 2 is 2.09 bits per heavy atom. The molecule has 35 heavy (non-hydrogen) atoms. The molecule has 4 aromatic rings. The third kappa shape index (κ3) is 4.22. The molecule has 1 aliphatic rings. The number of carbonyl (C=O) groups is 1. The van der Waals surface area contributed by atoms with Gasteiger partial charge in [0.1, 0.15) is 17.0 Å². The van der Waals surface area contributed by atoms with Gasteiger partial charge in [0.25, 0.3) is 5.91 Å². The van der Waals surface area contributed by atoms with Crippen molar-refractivity contribution in [2.45, 2.75) is 36.0 Å². The summed E-state index contributed by atoms with van der Waals surface area (Å²) in [5, 5.41) is 10.6. The fraction of sp³-hybridized carbons (Fsp3) is 0.273. The average Bonchev–Trinajstić information content (AvgIpc) is 3.35. The summed E-state index contributed by atoms with van der Waals surface area (Å²) in [4.78, 5) is 17.2. The van der Waals surface area contributed by atoms with Gasteiger partial charge < -0.3 is 10.1 Å². The Hall–Kier alpha value is -3.87. The molecule has 1 fully saturated rings. The van der Waals surface area contributed by atoms with Crippen molar-refractivity contribution in [1.82, 2.24) is 24.4 Å². The third-order valence-corrected chi connectivity index (χ3v) is 8.10. The summed E-state index contributed by atoms with van der Waals surface area (Å²) in [7, 11) is -2.07. The quantitative estimate of drug-likeness (QED) is 0.412. The summed E-state index contributed by atoms with van der Waals surface area (Å²) in [6, 6.07) is 5.36. The number of hydrogen-bond acceptors (Lipinski definition) is 7. The first-order valence-electron chi connectivity index (χ1n) is 10.7. The van der Waals surface area contributed by atoms with Gasteiger partial charge in [-0.2, -0.15) is 19.0 Å². The highest BCUT2D eigenvalue weighted by atomic mass is 32.2. The van der Waals surface area contributed by atoms with Crippen LogP contribution in [0.15, 0.2) is 53.9 Å². The Balaban J connectivity index is 1.56. The van der Waals surface area contributed by atoms with Crippen LogP contribution in [-0.4, -0.2) is 50.6 Å². The molecule has 1 amide bonds. The minimum atomic E-state index is -3.65. The van der Waals surface area contributed by atoms with E-state index < -0.39 is 27.6 Å². The van der Waals surface area contributed by atoms with Gasteiger partial charge in [-0.15, -0.1) is 0 Å². The molecule has 0 atom stereocenters. The number of nitrogens with zero attached hydrogens (tertiary/aromatic N) is 5. The molecule has 5 rings (SSSR count). The van der Waals surface area contributed by atoms with Crippen molar-refractivity contribution >= 4 is 27.1 Å². The molecule has 0 radical (unpaired) electrons. The minimum absolute atomic E-state index is 0.0135. The molecule has 0 saturated heterocycles. The van der Waals surface area contributed by atoms with E-state index in [-0.39, 0.29) is 33.2 Å². The highest BCUT2D eigenvalue weighted by Crippen LogP contribution is 2.39. The smallest absolute Gasteiger partial charge is 0.387 e. The van der Waals surface area contributed by atoms with Crippen molar-refractivity contribution in [3.63, 3.8) is 0 Å². The number of aromatic nitrogens is 5. The van der Waals surface area contributed by atoms with Gasteiger partial charge in [-0.3, -0.25) is 9.48 Å². The molecule has 1 N–H and O–H groups in total. The van der Waals surface area contributed by atoms with Crippen LogP contribution in [0, 0.1) is 0 Å². The van der Waals surface area contributed by atoms with Gasteiger partial charge in [-0.1, -0.05) is 6.42 Å². The standard InChI is InChI=1S/C22H20F2N6O4S/c1-29-12-17(27-21(31)16-11-26-30-9-3-8-25-20(16)30)19(28-29)15-10-14(6-7-18(15)34-22(23)24)35(32,33)13-4-2-5-13/h3,6-13,22H,2,4-5H2,1H3,(H,27,31). The summed E-state index contributed by atoms with van der Waals surface area (Å²) in [6.45, 7) is -3.14. The molecule has 0 spiro atoms. The van der Waals surface area contributed by atoms with Gasteiger partial charge in [0.05, 0.1) is 22.0 Å². The number of fused-ring (bicyclic) bond motifs is 1. The van der Waals surface area contributed by atoms with Crippen molar-refractivity contribution in [1.29, 1.82) is 0 Å². The first kappa shape index (κ1) is 22.9. The fourth-order valence-electron chi connectivity index (χ4n) is 3.90. The lowest BCUT2D eigenvalue weighted by molar-refractivity contribution is -0.0494. The predicted molar refractivity (Wildman–Crippen MR) is 121 cm³/mol. The molecular weight excluding hydrogens is 482 g/mol. The van der Waals surface area contributed by atoms with Crippen LogP contribution < -0.4 is 10.1 Å². The number of anilines is 1. The molecule has 1 aromatic carbocycles. The van der Waals surface area contributed by atoms with Gasteiger partial charge in [0.2, 0.25) is 0 Å². The van der Waals surface area contributed by atoms with E-state index in [1.807, 2.05) is 0 Å². The van der Waals surface area contributed by atoms with Crippen molar-refractivity contribution in [2.75, 3.05) is 5.32 Å². The van der Waals surface area contributed by atoms with E-state index in [0.29, 0.717) is 18.5 Å². The molecule has 3 aromatic heterocycles. The number of sulfone groups is 1. The molecule has 10 nitrogen and oxygen atoms in total. The van der Waals surface area contributed by atoms with Gasteiger partial charge >= 0.3 is 6.61 Å². The monoisotopic (exact) mass is 502 g/mol. The molecule has 1 saturated carbocycles. The van der Waals surface area contributed by atoms with Crippen molar-refractivity contribution in [2.24, 2.45) is 7.05 Å². The van der Waals surface area contributed by atoms with Crippen LogP contribution in [-0.2, 0) is 16.9 Å². The zero-order chi connectivity index (χ0) is 24.7. The molecule has 13 heteroatoms. The van der Waals surface area contributed by atoms with E-state index in [1.54, 1.807) is 19.3 Å². The Bertz CT molecular complexity index is 1530. The van der Waals surface area contributed by atoms with E-state index >= 15 is 0 Å². The van der Waals surface area contributed by atoms with E-state index in [9.17, 15) is 22.0 Å². The van der Waals surface area contributed by atoms with Crippen LogP contribution in [0.3, 0.4) is 0 Å². The number of rotatable bonds is 7. The van der Waals surface area contributed by atoms with Crippen molar-refractivity contribution in [3.8, 4) is 17.0 Å². The lowest BCUT2D eigenvalue weighted by atomic mass is 10.00. The molecule has 0 unspecified atom stereocenters. The number of benzene rings is 1. The SMILES string of the molecule is Cn1cc(NC(=O)c2cnn3cccnc23)c(-c2cc(S(=O)(=O)C3CCC3)ccc2OC(F)F)n1. The number of aryl methyl sites for hydroxylation is 1. The highest BCUT2D eigenvalue weighted by Gasteiger charge is 2.33. The summed E-state index contributed by atoms with van der Waals surface area (Å²) >= 11 is 0. The Morgan fingerprint density at radius 1 is 1.29 bits per heavy atom. The number of alkyl halides is 2. The fourth-order valence-corrected chi connectivity index (χ4v) is 5.78. The zero-order valence-electron chi connectivity index (χ0n) is 18.4. The zero-order valence-corrected chi connectivity index (χ0v) is 19.2. The maximum Gasteiger partial charge on any atom is 0.387 e. The Morgan fingerprint density at radius 3 is 2.80 bits per heavy atom. The molecule has 0 aliphatic heterocycles. The number of amides is 1. The molecular formula is C22H20F2N6O4S. The molecule has 182 valence electrons. The lowest BCUT2D eigenvalue weighted by Gasteiger charge is -2.25. The number of carbonyl (C=O) groups excluding carboxylic acids is 1. The van der Waals surface area contributed by atoms with Gasteiger partial charge in [-0.25, -0.2) is 17.9 Å². The van der Waals surface area contributed by atoms with Crippen LogP contribution in [0.2, 0.25) is 0 Å². The largest absolute Gasteiger partial charge is 0.434 e. The first-order chi connectivity index (χ1) is 16.7. The summed E-state index contributed by atoms with van der Waals surface area (Å²) < 4.78 is 59.7. The normalized spacial score (nSPS) is 14.3. The van der Waals surface area contributed by atoms with Crippen LogP contribution in [0.4, 0.5) is 14.5 Å². The van der Waals surface area contributed by atoms with Gasteiger partial charge in [-0.05, 0) is 37.1 Å². The van der Waals surface area contributed by atoms with E-state index in [4.69, 9.17) is 0 Å². The van der Waals surface area contributed by atoms with Crippen LogP contribution in [0.5, 0.6) is 5.75 Å². The summed E-state index contributed by atoms with van der Waals surface area (Å²) in [5.41, 5.74) is 0.771. The molecule has 0 bridgehead atoms. The van der Waals surface area contributed by atoms with Gasteiger partial charge in [0.15, 0.2) is 15.5 Å². The van der Waals surface area contributed by atoms with Crippen LogP contribution in [0.1, 0.15) is 29.6 Å². The highest BCUT2D eigenvalue weighted by molar-refractivity contribution is 7.92. The Labute approximate surface area is 198 Å². The first-order valence-corrected chi connectivity index (χ1v) is 12.2. The van der Waals surface area contributed by atoms with Gasteiger partial charge in [0, 0.05) is 31.2 Å². The second-order valence-electron chi connectivity index (χ2n) is 8.10. The second kappa shape index (κ2) is 8.73. The summed E-state index contributed by atoms with van der Waals surface area (Å²) in [5.74, 6) is -0.818. The van der Waals surface area contributed by atoms with Crippen molar-refractivity contribution < 1.29 is 26.7 Å². The second-order valence-corrected chi connectivity index (χ2v) is 10.3. The minimum Gasteiger partial charge on any atom is -0.434 e. The Kier molecular flexibility index (Phi) is 5.71. The van der Waals surface area contributed by atoms with Crippen LogP contribution >= 0.6 is 0 Å². The lowest BCUT2D eigenvalue weighted by Crippen LogP contribution is -2.28. The topological polar surface area (TPSA) is 120 Å². The number of hydrogen-bond donors (Lipinski definition) is 1. The van der Waals surface area contributed by atoms with Crippen LogP contribution in [0.25, 0.3) is 16.9 Å².